The van der Waals surface area contributed by atoms with Gasteiger partial charge in [0.1, 0.15) is 22.5 Å². The van der Waals surface area contributed by atoms with Crippen molar-refractivity contribution >= 4 is 44.8 Å². The van der Waals surface area contributed by atoms with Crippen molar-refractivity contribution in [2.75, 3.05) is 18.4 Å². The van der Waals surface area contributed by atoms with E-state index in [-0.39, 0.29) is 17.3 Å². The molecule has 1 aliphatic heterocycles. The highest BCUT2D eigenvalue weighted by atomic mass is 35.5. The van der Waals surface area contributed by atoms with E-state index in [1.807, 2.05) is 27.9 Å². The van der Waals surface area contributed by atoms with E-state index in [0.717, 1.165) is 51.1 Å². The number of aromatic nitrogens is 4. The molecule has 202 valence electrons. The first-order valence-corrected chi connectivity index (χ1v) is 14.5. The fraction of sp³-hybridized carbons (Fsp3) is 0.222. The molecule has 5 aromatic rings. The lowest BCUT2D eigenvalue weighted by molar-refractivity contribution is 0.342. The summed E-state index contributed by atoms with van der Waals surface area (Å²) >= 11 is 7.58. The Morgan fingerprint density at radius 3 is 2.64 bits per heavy atom. The van der Waals surface area contributed by atoms with Crippen molar-refractivity contribution < 1.29 is 14.1 Å². The van der Waals surface area contributed by atoms with E-state index in [9.17, 15) is 8.60 Å². The molecule has 0 aliphatic carbocycles. The molecule has 39 heavy (non-hydrogen) atoms. The maximum Gasteiger partial charge on any atom is 0.223 e. The number of fused-ring (bicyclic) bond motifs is 1. The molecule has 6 rings (SSSR count). The molecule has 2 aromatic carbocycles. The number of rotatable bonds is 6. The molecule has 3 N–H and O–H groups in total. The second-order valence-electron chi connectivity index (χ2n) is 9.15. The third kappa shape index (κ3) is 5.73. The van der Waals surface area contributed by atoms with Gasteiger partial charge in [0.05, 0.1) is 16.3 Å². The van der Waals surface area contributed by atoms with Gasteiger partial charge in [0.25, 0.3) is 0 Å². The highest BCUT2D eigenvalue weighted by molar-refractivity contribution is 7.82. The lowest BCUT2D eigenvalue weighted by atomic mass is 10.1. The number of imidazole rings is 1. The van der Waals surface area contributed by atoms with Crippen LogP contribution in [-0.2, 0) is 11.0 Å². The monoisotopic (exact) mass is 584 g/mol. The maximum absolute atomic E-state index is 13.6. The van der Waals surface area contributed by atoms with Crippen LogP contribution >= 0.6 is 22.9 Å². The van der Waals surface area contributed by atoms with Crippen molar-refractivity contribution in [2.45, 2.75) is 30.7 Å². The van der Waals surface area contributed by atoms with Gasteiger partial charge in [-0.3, -0.25) is 4.40 Å². The first kappa shape index (κ1) is 27.4. The van der Waals surface area contributed by atoms with Crippen LogP contribution in [0.4, 0.5) is 10.3 Å². The highest BCUT2D eigenvalue weighted by Gasteiger charge is 2.26. The van der Waals surface area contributed by atoms with Gasteiger partial charge in [0.2, 0.25) is 5.95 Å². The fourth-order valence-corrected chi connectivity index (χ4v) is 6.89. The van der Waals surface area contributed by atoms with Gasteiger partial charge in [-0.1, -0.05) is 11.6 Å². The zero-order valence-electron chi connectivity index (χ0n) is 21.0. The first-order valence-electron chi connectivity index (χ1n) is 12.2. The predicted molar refractivity (Wildman–Crippen MR) is 154 cm³/mol. The summed E-state index contributed by atoms with van der Waals surface area (Å²) in [6, 6.07) is 15.4. The van der Waals surface area contributed by atoms with Gasteiger partial charge in [0.15, 0.2) is 4.96 Å². The van der Waals surface area contributed by atoms with Crippen molar-refractivity contribution in [3.05, 3.63) is 82.7 Å². The minimum absolute atomic E-state index is 0. The Bertz CT molecular complexity index is 1620. The van der Waals surface area contributed by atoms with Crippen molar-refractivity contribution in [1.82, 2.24) is 23.7 Å². The summed E-state index contributed by atoms with van der Waals surface area (Å²) in [4.78, 5) is 16.9. The minimum atomic E-state index is -1.27. The van der Waals surface area contributed by atoms with Crippen LogP contribution in [0.3, 0.4) is 0 Å². The number of nitrogens with zero attached hydrogens (tertiary/aromatic N) is 5. The van der Waals surface area contributed by atoms with Gasteiger partial charge in [-0.15, -0.1) is 11.3 Å². The summed E-state index contributed by atoms with van der Waals surface area (Å²) in [6.45, 7) is 3.39. The molecule has 4 heterocycles. The minimum Gasteiger partial charge on any atom is -0.412 e. The third-order valence-electron chi connectivity index (χ3n) is 6.42. The van der Waals surface area contributed by atoms with Gasteiger partial charge in [-0.25, -0.2) is 27.9 Å². The molecule has 1 aliphatic rings. The summed E-state index contributed by atoms with van der Waals surface area (Å²) in [5, 5.41) is 4.07. The molecule has 3 aromatic heterocycles. The van der Waals surface area contributed by atoms with Gasteiger partial charge < -0.3 is 10.8 Å². The second-order valence-corrected chi connectivity index (χ2v) is 12.3. The van der Waals surface area contributed by atoms with Gasteiger partial charge in [-0.2, -0.15) is 0 Å². The summed E-state index contributed by atoms with van der Waals surface area (Å²) in [5.74, 6) is 0.206. The molecule has 12 heteroatoms. The lowest BCUT2D eigenvalue weighted by Gasteiger charge is -2.32. The largest absolute Gasteiger partial charge is 0.412 e. The molecule has 1 unspecified atom stereocenters. The molecule has 8 nitrogen and oxygen atoms in total. The Kier molecular flexibility index (Phi) is 8.06. The third-order valence-corrected chi connectivity index (χ3v) is 9.05. The Balaban J connectivity index is 0.00000308. The molecule has 0 bridgehead atoms. The van der Waals surface area contributed by atoms with Crippen LogP contribution in [0.15, 0.2) is 71.9 Å². The topological polar surface area (TPSA) is 107 Å². The highest BCUT2D eigenvalue weighted by Crippen LogP contribution is 2.35. The number of piperidine rings is 1. The molecule has 0 spiro atoms. The van der Waals surface area contributed by atoms with Gasteiger partial charge in [0, 0.05) is 47.0 Å². The van der Waals surface area contributed by atoms with E-state index >= 15 is 0 Å². The van der Waals surface area contributed by atoms with Crippen molar-refractivity contribution in [3.8, 4) is 22.6 Å². The zero-order chi connectivity index (χ0) is 26.2. The zero-order valence-corrected chi connectivity index (χ0v) is 23.4. The van der Waals surface area contributed by atoms with Crippen LogP contribution in [0.5, 0.6) is 0 Å². The Morgan fingerprint density at radius 1 is 1.10 bits per heavy atom. The van der Waals surface area contributed by atoms with Crippen LogP contribution in [-0.4, -0.2) is 52.5 Å². The van der Waals surface area contributed by atoms with E-state index in [1.54, 1.807) is 53.9 Å². The molecule has 2 atom stereocenters. The SMILES string of the molecule is Cc1cn2c(-c3ccnc(N[C@@H]4CCCN(S(=O)c5ccc(Cl)cc5)C4)n3)c(-c3ccc(F)cc3)nc2s1.O. The number of hydrogen-bond acceptors (Lipinski definition) is 6. The van der Waals surface area contributed by atoms with E-state index in [2.05, 4.69) is 10.3 Å². The van der Waals surface area contributed by atoms with Crippen LogP contribution in [0.2, 0.25) is 5.02 Å². The number of aryl methyl sites for hydroxylation is 1. The first-order chi connectivity index (χ1) is 18.4. The quantitative estimate of drug-likeness (QED) is 0.288. The van der Waals surface area contributed by atoms with Crippen LogP contribution in [0.25, 0.3) is 27.6 Å². The fourth-order valence-electron chi connectivity index (χ4n) is 4.66. The molecular weight excluding hydrogens is 559 g/mol. The molecular formula is C27H26ClFN6O2S2. The summed E-state index contributed by atoms with van der Waals surface area (Å²) in [5.41, 5.74) is 3.10. The van der Waals surface area contributed by atoms with E-state index in [0.29, 0.717) is 23.2 Å². The Labute approximate surface area is 236 Å². The van der Waals surface area contributed by atoms with Crippen molar-refractivity contribution in [3.63, 3.8) is 0 Å². The predicted octanol–water partition coefficient (Wildman–Crippen LogP) is 5.40. The summed E-state index contributed by atoms with van der Waals surface area (Å²) < 4.78 is 30.7. The van der Waals surface area contributed by atoms with E-state index in [4.69, 9.17) is 21.6 Å². The molecule has 0 amide bonds. The molecule has 0 radical (unpaired) electrons. The average Bonchev–Trinajstić information content (AvgIpc) is 3.45. The number of hydrogen-bond donors (Lipinski definition) is 1. The van der Waals surface area contributed by atoms with Crippen LogP contribution in [0.1, 0.15) is 17.7 Å². The number of nitrogens with one attached hydrogen (secondary N) is 1. The van der Waals surface area contributed by atoms with Crippen LogP contribution in [0, 0.1) is 12.7 Å². The maximum atomic E-state index is 13.6. The van der Waals surface area contributed by atoms with Crippen molar-refractivity contribution in [1.29, 1.82) is 0 Å². The standard InChI is InChI=1S/C27H24ClFN6OS2.H2O/c1-17-15-35-25(24(33-27(35)37-17)18-4-8-20(29)9-5-18)23-12-13-30-26(32-23)31-21-3-2-14-34(16-21)38(36)22-10-6-19(28)7-11-22;/h4-13,15,21H,2-3,14,16H2,1H3,(H,30,31,32);1H2/t21-,38?;/m1./s1. The number of benzene rings is 2. The average molecular weight is 585 g/mol. The number of halogens is 2. The van der Waals surface area contributed by atoms with Gasteiger partial charge >= 0.3 is 0 Å². The Morgan fingerprint density at radius 2 is 1.87 bits per heavy atom. The van der Waals surface area contributed by atoms with E-state index in [1.165, 1.54) is 12.1 Å². The Hall–Kier alpha value is -3.22. The smallest absolute Gasteiger partial charge is 0.223 e. The molecule has 1 fully saturated rings. The second kappa shape index (κ2) is 11.5. The van der Waals surface area contributed by atoms with Gasteiger partial charge in [-0.05, 0) is 74.4 Å². The molecule has 1 saturated heterocycles. The molecule has 0 saturated carbocycles. The normalized spacial score (nSPS) is 16.6. The summed E-state index contributed by atoms with van der Waals surface area (Å²) in [7, 11) is -1.27. The number of anilines is 1. The van der Waals surface area contributed by atoms with E-state index < -0.39 is 11.0 Å². The lowest BCUT2D eigenvalue weighted by Crippen LogP contribution is -2.43. The summed E-state index contributed by atoms with van der Waals surface area (Å²) in [6.07, 6.45) is 5.59. The number of thiazole rings is 1. The van der Waals surface area contributed by atoms with Crippen LogP contribution < -0.4 is 5.32 Å². The van der Waals surface area contributed by atoms with Crippen molar-refractivity contribution in [2.24, 2.45) is 0 Å².